The average molecular weight is 428 g/mol. The number of rotatable bonds is 18. The molecule has 0 amide bonds. The van der Waals surface area contributed by atoms with Gasteiger partial charge in [0.2, 0.25) is 0 Å². The molecule has 170 valence electrons. The Labute approximate surface area is 187 Å². The Hall–Kier alpha value is -0.610. The van der Waals surface area contributed by atoms with Gasteiger partial charge in [-0.2, -0.15) is 9.68 Å². The summed E-state index contributed by atoms with van der Waals surface area (Å²) >= 11 is 0. The highest BCUT2D eigenvalue weighted by atomic mass is 35.5. The minimum absolute atomic E-state index is 0. The summed E-state index contributed by atoms with van der Waals surface area (Å²) in [6.45, 7) is 8.11. The normalized spacial score (nSPS) is 13.3. The molecule has 0 aromatic heterocycles. The Kier molecular flexibility index (Phi) is 17.8. The van der Waals surface area contributed by atoms with E-state index in [4.69, 9.17) is 9.68 Å². The topological polar surface area (TPSA) is 18.5 Å². The summed E-state index contributed by atoms with van der Waals surface area (Å²) in [5.41, 5.74) is 1.25. The monoisotopic (exact) mass is 427 g/mol. The number of hydroxylamine groups is 4. The van der Waals surface area contributed by atoms with Crippen LogP contribution in [-0.4, -0.2) is 24.6 Å². The van der Waals surface area contributed by atoms with Crippen LogP contribution in [0.1, 0.15) is 103 Å². The van der Waals surface area contributed by atoms with E-state index in [2.05, 4.69) is 51.1 Å². The van der Waals surface area contributed by atoms with Gasteiger partial charge in [0.1, 0.15) is 12.6 Å². The molecule has 1 atom stereocenters. The van der Waals surface area contributed by atoms with E-state index in [1.807, 2.05) is 0 Å². The molecular weight excluding hydrogens is 382 g/mol. The molecule has 0 bridgehead atoms. The molecule has 4 heteroatoms. The van der Waals surface area contributed by atoms with E-state index in [-0.39, 0.29) is 23.3 Å². The predicted molar refractivity (Wildman–Crippen MR) is 120 cm³/mol. The fraction of sp³-hybridized carbons (Fsp3) is 0.760. The lowest BCUT2D eigenvalue weighted by atomic mass is 10.1. The summed E-state index contributed by atoms with van der Waals surface area (Å²) in [4.78, 5) is 12.3. The molecule has 0 N–H and O–H groups in total. The van der Waals surface area contributed by atoms with Crippen molar-refractivity contribution in [1.29, 1.82) is 0 Å². The average Bonchev–Trinajstić information content (AvgIpc) is 2.69. The zero-order valence-electron chi connectivity index (χ0n) is 19.5. The molecule has 0 heterocycles. The molecule has 0 radical (unpaired) electrons. The van der Waals surface area contributed by atoms with Crippen LogP contribution in [0.15, 0.2) is 30.3 Å². The summed E-state index contributed by atoms with van der Waals surface area (Å²) in [7, 11) is 1.77. The van der Waals surface area contributed by atoms with Crippen molar-refractivity contribution < 1.29 is 26.9 Å². The van der Waals surface area contributed by atoms with Crippen LogP contribution in [0.25, 0.3) is 0 Å². The van der Waals surface area contributed by atoms with E-state index in [0.717, 1.165) is 19.5 Å². The molecule has 1 aromatic carbocycles. The maximum Gasteiger partial charge on any atom is 0.168 e. The van der Waals surface area contributed by atoms with Gasteiger partial charge in [-0.15, -0.1) is 0 Å². The third-order valence-electron chi connectivity index (χ3n) is 5.35. The van der Waals surface area contributed by atoms with Gasteiger partial charge < -0.3 is 12.4 Å². The van der Waals surface area contributed by atoms with Crippen molar-refractivity contribution in [2.45, 2.75) is 110 Å². The summed E-state index contributed by atoms with van der Waals surface area (Å²) in [6, 6.07) is 10.5. The Bertz CT molecular complexity index is 469. The zero-order chi connectivity index (χ0) is 20.5. The molecule has 3 nitrogen and oxygen atoms in total. The number of unbranched alkanes of at least 4 members (excludes halogenated alkanes) is 11. The largest absolute Gasteiger partial charge is 1.00 e. The first kappa shape index (κ1) is 28.4. The van der Waals surface area contributed by atoms with Gasteiger partial charge >= 0.3 is 0 Å². The Balaban J connectivity index is 0.00000784. The summed E-state index contributed by atoms with van der Waals surface area (Å²) in [5.74, 6) is 0. The van der Waals surface area contributed by atoms with Gasteiger partial charge in [0, 0.05) is 12.0 Å². The summed E-state index contributed by atoms with van der Waals surface area (Å²) in [6.07, 6.45) is 16.5. The van der Waals surface area contributed by atoms with Crippen molar-refractivity contribution in [1.82, 2.24) is 0 Å². The number of nitrogens with zero attached hydrogens (tertiary/aromatic N) is 1. The number of hydrogen-bond acceptors (Lipinski definition) is 2. The van der Waals surface area contributed by atoms with Crippen molar-refractivity contribution in [3.05, 3.63) is 35.9 Å². The molecule has 1 rings (SSSR count). The summed E-state index contributed by atoms with van der Waals surface area (Å²) in [5, 5.41) is 0. The van der Waals surface area contributed by atoms with Crippen LogP contribution in [0.5, 0.6) is 0 Å². The van der Waals surface area contributed by atoms with E-state index in [1.165, 1.54) is 76.2 Å². The molecule has 1 unspecified atom stereocenters. The third-order valence-corrected chi connectivity index (χ3v) is 5.35. The third kappa shape index (κ3) is 14.1. The van der Waals surface area contributed by atoms with Crippen LogP contribution >= 0.6 is 0 Å². The van der Waals surface area contributed by atoms with Crippen molar-refractivity contribution in [3.8, 4) is 0 Å². The van der Waals surface area contributed by atoms with Gasteiger partial charge in [-0.3, -0.25) is 0 Å². The van der Waals surface area contributed by atoms with E-state index in [1.54, 1.807) is 7.11 Å². The molecule has 0 fully saturated rings. The lowest BCUT2D eigenvalue weighted by Gasteiger charge is -2.33. The van der Waals surface area contributed by atoms with Crippen LogP contribution in [0.2, 0.25) is 0 Å². The van der Waals surface area contributed by atoms with Gasteiger partial charge in [0.15, 0.2) is 6.54 Å². The van der Waals surface area contributed by atoms with Gasteiger partial charge in [-0.1, -0.05) is 101 Å². The molecule has 0 saturated carbocycles. The molecule has 1 aromatic rings. The Morgan fingerprint density at radius 1 is 0.759 bits per heavy atom. The minimum Gasteiger partial charge on any atom is -1.00 e. The molecule has 0 aliphatic rings. The standard InChI is InChI=1S/C25H46NO2.ClH/c1-5-6-7-8-9-10-11-12-13-14-15-19-22-26(27-4,28-24(2)3)23-25-20-17-16-18-21-25;/h16-18,20-21,24H,5-15,19,22-23H2,1-4H3;1H/q+1;/p-1. The molecule has 29 heavy (non-hydrogen) atoms. The van der Waals surface area contributed by atoms with E-state index < -0.39 is 0 Å². The number of hydrogen-bond donors (Lipinski definition) is 0. The quantitative estimate of drug-likeness (QED) is 0.193. The first-order valence-corrected chi connectivity index (χ1v) is 11.8. The molecular formula is C25H46ClNO2. The first-order chi connectivity index (χ1) is 13.6. The van der Waals surface area contributed by atoms with Crippen LogP contribution in [0.4, 0.5) is 0 Å². The van der Waals surface area contributed by atoms with Crippen LogP contribution in [0.3, 0.4) is 0 Å². The van der Waals surface area contributed by atoms with E-state index in [9.17, 15) is 0 Å². The van der Waals surface area contributed by atoms with Crippen LogP contribution in [0, 0.1) is 0 Å². The second-order valence-electron chi connectivity index (χ2n) is 8.41. The van der Waals surface area contributed by atoms with E-state index in [0.29, 0.717) is 0 Å². The highest BCUT2D eigenvalue weighted by Gasteiger charge is 2.32. The van der Waals surface area contributed by atoms with Crippen molar-refractivity contribution in [2.75, 3.05) is 13.7 Å². The highest BCUT2D eigenvalue weighted by molar-refractivity contribution is 5.13. The molecule has 0 saturated heterocycles. The maximum absolute atomic E-state index is 6.21. The smallest absolute Gasteiger partial charge is 0.168 e. The van der Waals surface area contributed by atoms with Crippen LogP contribution in [-0.2, 0) is 16.2 Å². The lowest BCUT2D eigenvalue weighted by molar-refractivity contribution is -1.26. The van der Waals surface area contributed by atoms with Gasteiger partial charge in [0.05, 0.1) is 7.11 Å². The molecule has 0 spiro atoms. The second kappa shape index (κ2) is 18.2. The number of quaternary nitrogens is 1. The predicted octanol–water partition coefficient (Wildman–Crippen LogP) is 4.61. The fourth-order valence-electron chi connectivity index (χ4n) is 3.81. The number of benzene rings is 1. The summed E-state index contributed by atoms with van der Waals surface area (Å²) < 4.78 is 0. The highest BCUT2D eigenvalue weighted by Crippen LogP contribution is 2.21. The first-order valence-electron chi connectivity index (χ1n) is 11.8. The van der Waals surface area contributed by atoms with E-state index >= 15 is 0 Å². The minimum atomic E-state index is 0. The SMILES string of the molecule is CCCCCCCCCCCCCC[N+](Cc1ccccc1)(OC)OC(C)C.[Cl-]. The number of halogens is 1. The van der Waals surface area contributed by atoms with Gasteiger partial charge in [-0.25, -0.2) is 0 Å². The van der Waals surface area contributed by atoms with Crippen molar-refractivity contribution in [3.63, 3.8) is 0 Å². The maximum atomic E-state index is 6.21. The second-order valence-corrected chi connectivity index (χ2v) is 8.41. The van der Waals surface area contributed by atoms with Gasteiger partial charge in [0.25, 0.3) is 0 Å². The molecule has 0 aliphatic heterocycles. The Morgan fingerprint density at radius 3 is 1.69 bits per heavy atom. The van der Waals surface area contributed by atoms with Crippen molar-refractivity contribution in [2.24, 2.45) is 0 Å². The molecule has 0 aliphatic carbocycles. The fourth-order valence-corrected chi connectivity index (χ4v) is 3.81. The Morgan fingerprint density at radius 2 is 1.24 bits per heavy atom. The van der Waals surface area contributed by atoms with Crippen LogP contribution < -0.4 is 12.4 Å². The van der Waals surface area contributed by atoms with Crippen molar-refractivity contribution >= 4 is 0 Å². The van der Waals surface area contributed by atoms with Gasteiger partial charge in [-0.05, 0) is 25.1 Å². The lowest BCUT2D eigenvalue weighted by Crippen LogP contribution is -3.00. The zero-order valence-corrected chi connectivity index (χ0v) is 20.3.